The van der Waals surface area contributed by atoms with Crippen molar-refractivity contribution in [2.45, 2.75) is 55.9 Å². The van der Waals surface area contributed by atoms with Crippen molar-refractivity contribution >= 4 is 21.5 Å². The number of carbonyl (C=O) groups excluding carboxylic acids is 1. The molecular weight excluding hydrogens is 437 g/mol. The fraction of sp³-hybridized carbons (Fsp3) is 0.296. The van der Waals surface area contributed by atoms with Crippen molar-refractivity contribution < 1.29 is 17.6 Å². The molecule has 1 aliphatic carbocycles. The van der Waals surface area contributed by atoms with Crippen LogP contribution >= 0.6 is 0 Å². The first-order chi connectivity index (χ1) is 15.5. The van der Waals surface area contributed by atoms with Gasteiger partial charge in [0.25, 0.3) is 10.0 Å². The van der Waals surface area contributed by atoms with Gasteiger partial charge in [-0.2, -0.15) is 0 Å². The summed E-state index contributed by atoms with van der Waals surface area (Å²) < 4.78 is 43.1. The Morgan fingerprint density at radius 1 is 1.00 bits per heavy atom. The van der Waals surface area contributed by atoms with Crippen molar-refractivity contribution in [2.75, 3.05) is 4.31 Å². The second-order valence-corrected chi connectivity index (χ2v) is 11.9. The van der Waals surface area contributed by atoms with E-state index >= 15 is 0 Å². The smallest absolute Gasteiger partial charge is 0.264 e. The number of rotatable bonds is 2. The Morgan fingerprint density at radius 3 is 2.33 bits per heavy atom. The molecule has 170 valence electrons. The number of hydrogen-bond acceptors (Lipinski definition) is 3. The molecule has 0 amide bonds. The topological polar surface area (TPSA) is 54.5 Å². The SMILES string of the molecule is C[C@@H]1N(S(=O)(=O)c2ccc(C(C)(C)C)cc2)c2ccccc2[C@@]12Cc1ccc(F)cc1C2=O. The second kappa shape index (κ2) is 7.00. The number of benzene rings is 3. The quantitative estimate of drug-likeness (QED) is 0.512. The van der Waals surface area contributed by atoms with Crippen molar-refractivity contribution in [3.8, 4) is 0 Å². The molecule has 0 fully saturated rings. The Morgan fingerprint density at radius 2 is 1.67 bits per heavy atom. The summed E-state index contributed by atoms with van der Waals surface area (Å²) in [5, 5.41) is 0. The average molecular weight is 464 g/mol. The van der Waals surface area contributed by atoms with Crippen LogP contribution in [0.5, 0.6) is 0 Å². The number of carbonyl (C=O) groups is 1. The largest absolute Gasteiger partial charge is 0.293 e. The van der Waals surface area contributed by atoms with Gasteiger partial charge in [-0.25, -0.2) is 12.8 Å². The Kier molecular flexibility index (Phi) is 4.63. The highest BCUT2D eigenvalue weighted by Crippen LogP contribution is 2.54. The number of anilines is 1. The number of nitrogens with zero attached hydrogens (tertiary/aromatic N) is 1. The first-order valence-electron chi connectivity index (χ1n) is 11.1. The third-order valence-corrected chi connectivity index (χ3v) is 9.05. The molecule has 1 heterocycles. The minimum atomic E-state index is -3.94. The van der Waals surface area contributed by atoms with E-state index in [4.69, 9.17) is 0 Å². The van der Waals surface area contributed by atoms with Crippen LogP contribution in [0.1, 0.15) is 54.7 Å². The number of sulfonamides is 1. The Labute approximate surface area is 194 Å². The van der Waals surface area contributed by atoms with Crippen molar-refractivity contribution in [3.05, 3.63) is 94.8 Å². The highest BCUT2D eigenvalue weighted by Gasteiger charge is 2.60. The van der Waals surface area contributed by atoms with E-state index in [0.717, 1.165) is 11.1 Å². The van der Waals surface area contributed by atoms with Gasteiger partial charge in [0.2, 0.25) is 0 Å². The maximum atomic E-state index is 13.9. The number of fused-ring (bicyclic) bond motifs is 3. The summed E-state index contributed by atoms with van der Waals surface area (Å²) in [5.74, 6) is -0.695. The maximum Gasteiger partial charge on any atom is 0.264 e. The summed E-state index contributed by atoms with van der Waals surface area (Å²) in [6.07, 6.45) is 0.342. The molecular formula is C27H26FNO3S. The van der Waals surface area contributed by atoms with Crippen LogP contribution in [0.4, 0.5) is 10.1 Å². The molecule has 1 spiro atoms. The summed E-state index contributed by atoms with van der Waals surface area (Å²) >= 11 is 0. The number of para-hydroxylation sites is 1. The zero-order valence-electron chi connectivity index (χ0n) is 19.1. The summed E-state index contributed by atoms with van der Waals surface area (Å²) in [7, 11) is -3.94. The molecule has 0 saturated carbocycles. The van der Waals surface area contributed by atoms with Gasteiger partial charge in [-0.3, -0.25) is 9.10 Å². The lowest BCUT2D eigenvalue weighted by atomic mass is 9.74. The van der Waals surface area contributed by atoms with Gasteiger partial charge >= 0.3 is 0 Å². The fourth-order valence-electron chi connectivity index (χ4n) is 5.35. The molecule has 2 aliphatic rings. The third kappa shape index (κ3) is 3.00. The second-order valence-electron chi connectivity index (χ2n) is 10.0. The Hall–Kier alpha value is -2.99. The summed E-state index contributed by atoms with van der Waals surface area (Å²) in [5.41, 5.74) is 2.13. The van der Waals surface area contributed by atoms with Crippen molar-refractivity contribution in [1.29, 1.82) is 0 Å². The van der Waals surface area contributed by atoms with Crippen LogP contribution in [0, 0.1) is 5.82 Å². The zero-order chi connectivity index (χ0) is 23.8. The molecule has 0 bridgehead atoms. The van der Waals surface area contributed by atoms with Crippen LogP contribution < -0.4 is 4.31 Å². The van der Waals surface area contributed by atoms with Gasteiger partial charge in [0.1, 0.15) is 5.82 Å². The molecule has 0 N–H and O–H groups in total. The molecule has 1 aliphatic heterocycles. The Bertz CT molecular complexity index is 1390. The lowest BCUT2D eigenvalue weighted by molar-refractivity contribution is 0.0893. The molecule has 3 aromatic carbocycles. The van der Waals surface area contributed by atoms with Crippen molar-refractivity contribution in [1.82, 2.24) is 0 Å². The predicted molar refractivity (Wildman–Crippen MR) is 127 cm³/mol. The van der Waals surface area contributed by atoms with Gasteiger partial charge in [-0.15, -0.1) is 0 Å². The molecule has 5 rings (SSSR count). The average Bonchev–Trinajstić information content (AvgIpc) is 3.20. The first-order valence-corrected chi connectivity index (χ1v) is 12.5. The van der Waals surface area contributed by atoms with Gasteiger partial charge < -0.3 is 0 Å². The standard InChI is InChI=1S/C27H26FNO3S/c1-17-27(16-18-9-12-20(28)15-22(18)25(27)30)23-7-5-6-8-24(23)29(17)33(31,32)21-13-10-19(11-14-21)26(2,3)4/h5-15,17H,16H2,1-4H3/t17-,27+/m0/s1. The van der Waals surface area contributed by atoms with Crippen LogP contribution in [0.2, 0.25) is 0 Å². The molecule has 0 saturated heterocycles. The third-order valence-electron chi connectivity index (χ3n) is 7.16. The number of hydrogen-bond donors (Lipinski definition) is 0. The van der Waals surface area contributed by atoms with Crippen LogP contribution in [0.3, 0.4) is 0 Å². The van der Waals surface area contributed by atoms with E-state index in [1.54, 1.807) is 37.3 Å². The van der Waals surface area contributed by atoms with Crippen molar-refractivity contribution in [2.24, 2.45) is 0 Å². The number of Topliss-reactive ketones (excluding diaryl/α,β-unsaturated/α-hetero) is 1. The van der Waals surface area contributed by atoms with E-state index in [0.29, 0.717) is 23.2 Å². The Balaban J connectivity index is 1.65. The molecule has 0 radical (unpaired) electrons. The molecule has 3 aromatic rings. The molecule has 4 nitrogen and oxygen atoms in total. The van der Waals surface area contributed by atoms with E-state index in [-0.39, 0.29) is 16.1 Å². The van der Waals surface area contributed by atoms with E-state index in [1.165, 1.54) is 16.4 Å². The van der Waals surface area contributed by atoms with Gasteiger partial charge in [-0.05, 0) is 65.8 Å². The lowest BCUT2D eigenvalue weighted by Crippen LogP contribution is -2.48. The minimum absolute atomic E-state index is 0.1000. The van der Waals surface area contributed by atoms with E-state index < -0.39 is 27.3 Å². The van der Waals surface area contributed by atoms with E-state index in [1.807, 2.05) is 24.3 Å². The summed E-state index contributed by atoms with van der Waals surface area (Å²) in [6, 6.07) is 17.7. The van der Waals surface area contributed by atoms with Gasteiger partial charge in [0.15, 0.2) is 5.78 Å². The fourth-order valence-corrected chi connectivity index (χ4v) is 7.07. The highest BCUT2D eigenvalue weighted by atomic mass is 32.2. The van der Waals surface area contributed by atoms with E-state index in [9.17, 15) is 17.6 Å². The number of halogens is 1. The minimum Gasteiger partial charge on any atom is -0.293 e. The molecule has 6 heteroatoms. The van der Waals surface area contributed by atoms with Gasteiger partial charge in [0.05, 0.1) is 22.0 Å². The predicted octanol–water partition coefficient (Wildman–Crippen LogP) is 5.40. The maximum absolute atomic E-state index is 13.9. The lowest BCUT2D eigenvalue weighted by Gasteiger charge is -2.32. The number of ketones is 1. The first kappa shape index (κ1) is 21.8. The zero-order valence-corrected chi connectivity index (χ0v) is 19.9. The van der Waals surface area contributed by atoms with Gasteiger partial charge in [-0.1, -0.05) is 57.2 Å². The van der Waals surface area contributed by atoms with Crippen LogP contribution in [0.25, 0.3) is 0 Å². The van der Waals surface area contributed by atoms with Crippen LogP contribution in [-0.4, -0.2) is 20.2 Å². The van der Waals surface area contributed by atoms with E-state index in [2.05, 4.69) is 20.8 Å². The summed E-state index contributed by atoms with van der Waals surface area (Å²) in [4.78, 5) is 13.9. The van der Waals surface area contributed by atoms with Crippen LogP contribution in [-0.2, 0) is 27.3 Å². The molecule has 0 aromatic heterocycles. The monoisotopic (exact) mass is 463 g/mol. The normalized spacial score (nSPS) is 22.0. The van der Waals surface area contributed by atoms with Crippen molar-refractivity contribution in [3.63, 3.8) is 0 Å². The molecule has 0 unspecified atom stereocenters. The van der Waals surface area contributed by atoms with Crippen LogP contribution in [0.15, 0.2) is 71.6 Å². The highest BCUT2D eigenvalue weighted by molar-refractivity contribution is 7.92. The summed E-state index contributed by atoms with van der Waals surface area (Å²) in [6.45, 7) is 8.00. The van der Waals surface area contributed by atoms with Gasteiger partial charge in [0, 0.05) is 5.56 Å². The molecule has 2 atom stereocenters. The molecule has 33 heavy (non-hydrogen) atoms.